The number of amides is 3. The smallest absolute Gasteiger partial charge is 0.228 e. The molecule has 3 rings (SSSR count). The Kier molecular flexibility index (Phi) is 6.55. The molecule has 3 amide bonds. The van der Waals surface area contributed by atoms with Gasteiger partial charge in [0, 0.05) is 38.0 Å². The summed E-state index contributed by atoms with van der Waals surface area (Å²) in [6, 6.07) is 6.24. The summed E-state index contributed by atoms with van der Waals surface area (Å²) < 4.78 is 14.0. The summed E-state index contributed by atoms with van der Waals surface area (Å²) in [6.45, 7) is 7.36. The van der Waals surface area contributed by atoms with Crippen molar-refractivity contribution < 1.29 is 18.8 Å². The van der Waals surface area contributed by atoms with Gasteiger partial charge in [0.1, 0.15) is 5.82 Å². The third-order valence-electron chi connectivity index (χ3n) is 6.16. The molecular weight excluding hydrogens is 373 g/mol. The van der Waals surface area contributed by atoms with E-state index in [2.05, 4.69) is 19.2 Å². The van der Waals surface area contributed by atoms with E-state index in [-0.39, 0.29) is 48.3 Å². The molecule has 7 heteroatoms. The first-order chi connectivity index (χ1) is 13.8. The van der Waals surface area contributed by atoms with Gasteiger partial charge in [-0.25, -0.2) is 4.39 Å². The first-order valence-electron chi connectivity index (χ1n) is 10.4. The third-order valence-corrected chi connectivity index (χ3v) is 6.16. The standard InChI is InChI=1S/C22H30FN3O3/c1-14(2)15(3)24-21(28)16-8-10-25(11-9-16)22(29)17-12-20(27)26(13-17)19-7-5-4-6-18(19)23/h4-7,14-17H,8-13H2,1-3H3,(H,24,28)/t15-,17+/m1/s1. The Balaban J connectivity index is 1.54. The van der Waals surface area contributed by atoms with Gasteiger partial charge < -0.3 is 15.1 Å². The molecule has 1 aromatic rings. The van der Waals surface area contributed by atoms with Gasteiger partial charge in [0.2, 0.25) is 17.7 Å². The molecule has 0 unspecified atom stereocenters. The number of nitrogens with one attached hydrogen (secondary N) is 1. The maximum Gasteiger partial charge on any atom is 0.228 e. The van der Waals surface area contributed by atoms with E-state index < -0.39 is 11.7 Å². The van der Waals surface area contributed by atoms with Crippen LogP contribution < -0.4 is 10.2 Å². The fraction of sp³-hybridized carbons (Fsp3) is 0.591. The number of hydrogen-bond donors (Lipinski definition) is 1. The molecule has 0 saturated carbocycles. The van der Waals surface area contributed by atoms with Crippen LogP contribution in [0.4, 0.5) is 10.1 Å². The maximum absolute atomic E-state index is 14.0. The van der Waals surface area contributed by atoms with E-state index in [9.17, 15) is 18.8 Å². The van der Waals surface area contributed by atoms with Crippen LogP contribution in [-0.4, -0.2) is 48.3 Å². The highest BCUT2D eigenvalue weighted by atomic mass is 19.1. The minimum absolute atomic E-state index is 0.0556. The van der Waals surface area contributed by atoms with Gasteiger partial charge in [0.05, 0.1) is 11.6 Å². The minimum Gasteiger partial charge on any atom is -0.353 e. The number of carbonyl (C=O) groups excluding carboxylic acids is 3. The second-order valence-corrected chi connectivity index (χ2v) is 8.50. The Morgan fingerprint density at radius 2 is 1.76 bits per heavy atom. The highest BCUT2D eigenvalue weighted by Crippen LogP contribution is 2.29. The fourth-order valence-corrected chi connectivity index (χ4v) is 3.91. The van der Waals surface area contributed by atoms with E-state index in [1.165, 1.54) is 11.0 Å². The molecule has 0 spiro atoms. The number of para-hydroxylation sites is 1. The molecule has 158 valence electrons. The first-order valence-corrected chi connectivity index (χ1v) is 10.4. The van der Waals surface area contributed by atoms with Crippen LogP contribution in [0.15, 0.2) is 24.3 Å². The molecule has 2 heterocycles. The van der Waals surface area contributed by atoms with Gasteiger partial charge in [0.15, 0.2) is 0 Å². The average Bonchev–Trinajstić information content (AvgIpc) is 3.09. The lowest BCUT2D eigenvalue weighted by Crippen LogP contribution is -2.47. The second-order valence-electron chi connectivity index (χ2n) is 8.50. The van der Waals surface area contributed by atoms with Gasteiger partial charge >= 0.3 is 0 Å². The molecule has 0 aromatic heterocycles. The molecule has 2 saturated heterocycles. The minimum atomic E-state index is -0.464. The molecule has 0 bridgehead atoms. The molecule has 6 nitrogen and oxygen atoms in total. The van der Waals surface area contributed by atoms with Crippen molar-refractivity contribution in [3.05, 3.63) is 30.1 Å². The number of rotatable bonds is 5. The molecule has 1 N–H and O–H groups in total. The normalized spacial score (nSPS) is 21.6. The number of carbonyl (C=O) groups is 3. The lowest BCUT2D eigenvalue weighted by atomic mass is 9.93. The van der Waals surface area contributed by atoms with Crippen LogP contribution in [0.2, 0.25) is 0 Å². The zero-order chi connectivity index (χ0) is 21.1. The Morgan fingerprint density at radius 3 is 2.38 bits per heavy atom. The van der Waals surface area contributed by atoms with Gasteiger partial charge in [0.25, 0.3) is 0 Å². The van der Waals surface area contributed by atoms with Crippen molar-refractivity contribution in [2.45, 2.75) is 46.1 Å². The lowest BCUT2D eigenvalue weighted by molar-refractivity contribution is -0.139. The molecular formula is C22H30FN3O3. The van der Waals surface area contributed by atoms with Crippen molar-refractivity contribution in [1.29, 1.82) is 0 Å². The Morgan fingerprint density at radius 1 is 1.10 bits per heavy atom. The van der Waals surface area contributed by atoms with Crippen LogP contribution in [-0.2, 0) is 14.4 Å². The van der Waals surface area contributed by atoms with E-state index in [1.807, 2.05) is 6.92 Å². The topological polar surface area (TPSA) is 69.7 Å². The van der Waals surface area contributed by atoms with Crippen LogP contribution in [0.25, 0.3) is 0 Å². The molecule has 0 aliphatic carbocycles. The Labute approximate surface area is 171 Å². The molecule has 29 heavy (non-hydrogen) atoms. The molecule has 2 aliphatic heterocycles. The number of anilines is 1. The van der Waals surface area contributed by atoms with Crippen LogP contribution in [0, 0.1) is 23.6 Å². The SMILES string of the molecule is CC(C)[C@@H](C)NC(=O)C1CCN(C(=O)[C@H]2CC(=O)N(c3ccccc3F)C2)CC1. The number of likely N-dealkylation sites (tertiary alicyclic amines) is 1. The van der Waals surface area contributed by atoms with Crippen molar-refractivity contribution >= 4 is 23.4 Å². The summed E-state index contributed by atoms with van der Waals surface area (Å²) in [5.74, 6) is -0.889. The van der Waals surface area contributed by atoms with Crippen LogP contribution in [0.1, 0.15) is 40.0 Å². The highest BCUT2D eigenvalue weighted by Gasteiger charge is 2.39. The molecule has 0 radical (unpaired) electrons. The third kappa shape index (κ3) is 4.77. The predicted molar refractivity (Wildman–Crippen MR) is 109 cm³/mol. The Bertz CT molecular complexity index is 774. The van der Waals surface area contributed by atoms with Gasteiger partial charge in [-0.3, -0.25) is 14.4 Å². The summed E-state index contributed by atoms with van der Waals surface area (Å²) in [4.78, 5) is 40.8. The van der Waals surface area contributed by atoms with E-state index in [0.717, 1.165) is 0 Å². The molecule has 2 atom stereocenters. The summed E-state index contributed by atoms with van der Waals surface area (Å²) in [6.07, 6.45) is 1.35. The fourth-order valence-electron chi connectivity index (χ4n) is 3.91. The second kappa shape index (κ2) is 8.93. The van der Waals surface area contributed by atoms with Crippen molar-refractivity contribution in [3.8, 4) is 0 Å². The molecule has 2 aliphatic rings. The van der Waals surface area contributed by atoms with Gasteiger partial charge in [-0.2, -0.15) is 0 Å². The number of halogens is 1. The summed E-state index contributed by atoms with van der Waals surface area (Å²) in [5.41, 5.74) is 0.224. The van der Waals surface area contributed by atoms with Gasteiger partial charge in [-0.05, 0) is 37.8 Å². The van der Waals surface area contributed by atoms with Crippen LogP contribution in [0.3, 0.4) is 0 Å². The molecule has 1 aromatic carbocycles. The van der Waals surface area contributed by atoms with Crippen molar-refractivity contribution in [3.63, 3.8) is 0 Å². The van der Waals surface area contributed by atoms with Crippen LogP contribution in [0.5, 0.6) is 0 Å². The van der Waals surface area contributed by atoms with E-state index >= 15 is 0 Å². The summed E-state index contributed by atoms with van der Waals surface area (Å²) >= 11 is 0. The predicted octanol–water partition coefficient (Wildman–Crippen LogP) is 2.58. The average molecular weight is 403 g/mol. The van der Waals surface area contributed by atoms with E-state index in [4.69, 9.17) is 0 Å². The zero-order valence-electron chi connectivity index (χ0n) is 17.4. The first kappa shape index (κ1) is 21.3. The van der Waals surface area contributed by atoms with Gasteiger partial charge in [-0.15, -0.1) is 0 Å². The van der Waals surface area contributed by atoms with E-state index in [1.54, 1.807) is 23.1 Å². The van der Waals surface area contributed by atoms with Crippen molar-refractivity contribution in [1.82, 2.24) is 10.2 Å². The number of benzene rings is 1. The Hall–Kier alpha value is -2.44. The maximum atomic E-state index is 14.0. The largest absolute Gasteiger partial charge is 0.353 e. The van der Waals surface area contributed by atoms with Gasteiger partial charge in [-0.1, -0.05) is 26.0 Å². The monoisotopic (exact) mass is 403 g/mol. The lowest BCUT2D eigenvalue weighted by Gasteiger charge is -2.33. The summed E-state index contributed by atoms with van der Waals surface area (Å²) in [7, 11) is 0. The number of hydrogen-bond acceptors (Lipinski definition) is 3. The van der Waals surface area contributed by atoms with E-state index in [0.29, 0.717) is 31.8 Å². The van der Waals surface area contributed by atoms with Crippen LogP contribution >= 0.6 is 0 Å². The zero-order valence-corrected chi connectivity index (χ0v) is 17.4. The summed E-state index contributed by atoms with van der Waals surface area (Å²) in [5, 5.41) is 3.05. The van der Waals surface area contributed by atoms with Crippen molar-refractivity contribution in [2.75, 3.05) is 24.5 Å². The van der Waals surface area contributed by atoms with Crippen molar-refractivity contribution in [2.24, 2.45) is 17.8 Å². The quantitative estimate of drug-likeness (QED) is 0.822. The number of piperidine rings is 1. The highest BCUT2D eigenvalue weighted by molar-refractivity contribution is 6.00. The number of nitrogens with zero attached hydrogens (tertiary/aromatic N) is 2. The molecule has 2 fully saturated rings.